The molecule has 4 rings (SSSR count). The Balaban J connectivity index is 1.40. The fourth-order valence-electron chi connectivity index (χ4n) is 4.42. The fraction of sp³-hybridized carbons (Fsp3) is 0.281. The normalized spacial score (nSPS) is 12.9. The quantitative estimate of drug-likeness (QED) is 0.252. The molecule has 7 heteroatoms. The van der Waals surface area contributed by atoms with Crippen molar-refractivity contribution in [3.05, 3.63) is 83.6 Å². The van der Waals surface area contributed by atoms with Gasteiger partial charge in [-0.15, -0.1) is 0 Å². The number of piperidine rings is 1. The molecule has 0 atom stereocenters. The maximum atomic E-state index is 12.5. The van der Waals surface area contributed by atoms with E-state index < -0.39 is 0 Å². The summed E-state index contributed by atoms with van der Waals surface area (Å²) in [6.07, 6.45) is 7.75. The number of amides is 2. The van der Waals surface area contributed by atoms with Crippen molar-refractivity contribution in [2.75, 3.05) is 38.5 Å². The summed E-state index contributed by atoms with van der Waals surface area (Å²) >= 11 is 0. The van der Waals surface area contributed by atoms with E-state index in [4.69, 9.17) is 5.73 Å². The number of nitrogen functional groups attached to an aromatic ring is 1. The van der Waals surface area contributed by atoms with Crippen molar-refractivity contribution < 1.29 is 9.59 Å². The zero-order chi connectivity index (χ0) is 27.5. The summed E-state index contributed by atoms with van der Waals surface area (Å²) < 4.78 is 0. The zero-order valence-electron chi connectivity index (χ0n) is 22.1. The van der Waals surface area contributed by atoms with Gasteiger partial charge in [-0.3, -0.25) is 9.59 Å². The number of hydrogen-bond donors (Lipinski definition) is 3. The Morgan fingerprint density at radius 2 is 1.77 bits per heavy atom. The summed E-state index contributed by atoms with van der Waals surface area (Å²) in [5, 5.41) is 7.38. The number of carbonyl (C=O) groups is 2. The number of pyridine rings is 1. The van der Waals surface area contributed by atoms with E-state index in [-0.39, 0.29) is 18.4 Å². The zero-order valence-corrected chi connectivity index (χ0v) is 22.1. The van der Waals surface area contributed by atoms with Gasteiger partial charge in [-0.1, -0.05) is 42.7 Å². The lowest BCUT2D eigenvalue weighted by atomic mass is 10.0. The van der Waals surface area contributed by atoms with E-state index in [1.165, 1.54) is 38.4 Å². The van der Waals surface area contributed by atoms with Crippen LogP contribution in [0.1, 0.15) is 52.7 Å². The van der Waals surface area contributed by atoms with E-state index in [9.17, 15) is 9.59 Å². The first-order valence-corrected chi connectivity index (χ1v) is 13.2. The Morgan fingerprint density at radius 1 is 1.00 bits per heavy atom. The number of nitrogens with zero attached hydrogens (tertiary/aromatic N) is 2. The molecule has 2 heterocycles. The van der Waals surface area contributed by atoms with Gasteiger partial charge < -0.3 is 21.3 Å². The van der Waals surface area contributed by atoms with Gasteiger partial charge in [0.15, 0.2) is 0 Å². The van der Waals surface area contributed by atoms with Gasteiger partial charge in [-0.25, -0.2) is 4.98 Å². The highest BCUT2D eigenvalue weighted by Gasteiger charge is 2.10. The molecule has 3 aromatic rings. The number of hydrogen-bond acceptors (Lipinski definition) is 5. The van der Waals surface area contributed by atoms with E-state index in [0.717, 1.165) is 34.9 Å². The maximum Gasteiger partial charge on any atom is 0.251 e. The predicted octanol–water partition coefficient (Wildman–Crippen LogP) is 3.48. The Morgan fingerprint density at radius 3 is 2.54 bits per heavy atom. The lowest BCUT2D eigenvalue weighted by molar-refractivity contribution is -0.116. The lowest BCUT2D eigenvalue weighted by Gasteiger charge is -2.26. The number of rotatable bonds is 7. The number of nitrogens with one attached hydrogen (secondary N) is 2. The molecule has 0 bridgehead atoms. The first kappa shape index (κ1) is 27.4. The molecule has 4 N–H and O–H groups in total. The first-order chi connectivity index (χ1) is 19.0. The average molecular weight is 520 g/mol. The molecular formula is C32H33N5O2. The highest BCUT2D eigenvalue weighted by atomic mass is 16.2. The van der Waals surface area contributed by atoms with Gasteiger partial charge in [0.1, 0.15) is 5.82 Å². The minimum absolute atomic E-state index is 0.0756. The van der Waals surface area contributed by atoms with Gasteiger partial charge in [-0.05, 0) is 81.4 Å². The molecule has 1 aliphatic rings. The molecule has 1 aliphatic heterocycles. The first-order valence-electron chi connectivity index (χ1n) is 13.2. The third-order valence-corrected chi connectivity index (χ3v) is 6.55. The maximum absolute atomic E-state index is 12.5. The molecule has 1 aromatic heterocycles. The van der Waals surface area contributed by atoms with E-state index in [2.05, 4.69) is 50.8 Å². The van der Waals surface area contributed by atoms with Crippen molar-refractivity contribution in [3.63, 3.8) is 0 Å². The molecule has 39 heavy (non-hydrogen) atoms. The molecule has 2 aromatic carbocycles. The van der Waals surface area contributed by atoms with Gasteiger partial charge in [0.2, 0.25) is 5.91 Å². The molecule has 0 saturated carbocycles. The van der Waals surface area contributed by atoms with E-state index in [1.807, 2.05) is 30.3 Å². The monoisotopic (exact) mass is 519 g/mol. The van der Waals surface area contributed by atoms with Gasteiger partial charge in [0, 0.05) is 40.2 Å². The Bertz CT molecular complexity index is 1470. The summed E-state index contributed by atoms with van der Waals surface area (Å²) in [5.74, 6) is 12.2. The van der Waals surface area contributed by atoms with Gasteiger partial charge in [0.25, 0.3) is 5.91 Å². The van der Waals surface area contributed by atoms with Crippen molar-refractivity contribution in [1.82, 2.24) is 20.5 Å². The smallest absolute Gasteiger partial charge is 0.251 e. The van der Waals surface area contributed by atoms with Crippen LogP contribution in [-0.4, -0.2) is 54.4 Å². The summed E-state index contributed by atoms with van der Waals surface area (Å²) in [7, 11) is 0. The minimum Gasteiger partial charge on any atom is -0.383 e. The van der Waals surface area contributed by atoms with Crippen molar-refractivity contribution in [2.45, 2.75) is 25.7 Å². The number of anilines is 1. The molecule has 0 aliphatic carbocycles. The molecule has 7 nitrogen and oxygen atoms in total. The van der Waals surface area contributed by atoms with Crippen LogP contribution in [0.2, 0.25) is 0 Å². The number of aromatic nitrogens is 1. The van der Waals surface area contributed by atoms with Crippen LogP contribution in [0.4, 0.5) is 5.82 Å². The topological polar surface area (TPSA) is 100 Å². The van der Waals surface area contributed by atoms with Crippen LogP contribution in [-0.2, 0) is 4.79 Å². The third-order valence-electron chi connectivity index (χ3n) is 6.55. The standard InChI is InChI=1S/C32H33N5O2/c1-2-30(38)34-17-6-8-25-11-15-27-23-36-31(33)28(29(27)22-25)16-12-24-9-13-26(14-10-24)32(39)35-18-7-21-37-19-4-3-5-20-37/h2,9-11,13-15,22-23H,1,3-5,7,17-21H2,(H2,33,36)(H,34,38)(H,35,39). The summed E-state index contributed by atoms with van der Waals surface area (Å²) in [5.41, 5.74) is 8.94. The summed E-state index contributed by atoms with van der Waals surface area (Å²) in [4.78, 5) is 30.6. The van der Waals surface area contributed by atoms with Crippen LogP contribution in [0.15, 0.2) is 61.3 Å². The van der Waals surface area contributed by atoms with Crippen LogP contribution in [0.5, 0.6) is 0 Å². The summed E-state index contributed by atoms with van der Waals surface area (Å²) in [6, 6.07) is 13.0. The Hall–Kier alpha value is -4.59. The van der Waals surface area contributed by atoms with Crippen molar-refractivity contribution >= 4 is 28.4 Å². The van der Waals surface area contributed by atoms with E-state index in [0.29, 0.717) is 23.5 Å². The highest BCUT2D eigenvalue weighted by Crippen LogP contribution is 2.23. The number of fused-ring (bicyclic) bond motifs is 1. The lowest BCUT2D eigenvalue weighted by Crippen LogP contribution is -2.33. The van der Waals surface area contributed by atoms with Gasteiger partial charge in [-0.2, -0.15) is 0 Å². The summed E-state index contributed by atoms with van der Waals surface area (Å²) in [6.45, 7) is 7.68. The average Bonchev–Trinajstić information content (AvgIpc) is 2.97. The largest absolute Gasteiger partial charge is 0.383 e. The second-order valence-corrected chi connectivity index (χ2v) is 9.38. The third kappa shape index (κ3) is 7.95. The van der Waals surface area contributed by atoms with Crippen LogP contribution < -0.4 is 16.4 Å². The number of carbonyl (C=O) groups excluding carboxylic acids is 2. The predicted molar refractivity (Wildman–Crippen MR) is 156 cm³/mol. The molecule has 0 unspecified atom stereocenters. The minimum atomic E-state index is -0.267. The second-order valence-electron chi connectivity index (χ2n) is 9.38. The fourth-order valence-corrected chi connectivity index (χ4v) is 4.42. The number of nitrogens with two attached hydrogens (primary N) is 1. The van der Waals surface area contributed by atoms with Crippen LogP contribution >= 0.6 is 0 Å². The van der Waals surface area contributed by atoms with Crippen molar-refractivity contribution in [1.29, 1.82) is 0 Å². The Kier molecular flexibility index (Phi) is 9.72. The highest BCUT2D eigenvalue weighted by molar-refractivity contribution is 5.94. The van der Waals surface area contributed by atoms with E-state index >= 15 is 0 Å². The molecular weight excluding hydrogens is 486 g/mol. The molecule has 0 radical (unpaired) electrons. The van der Waals surface area contributed by atoms with Crippen molar-refractivity contribution in [3.8, 4) is 23.7 Å². The molecule has 0 spiro atoms. The Labute approximate surface area is 229 Å². The van der Waals surface area contributed by atoms with Crippen molar-refractivity contribution in [2.24, 2.45) is 0 Å². The molecule has 1 saturated heterocycles. The number of likely N-dealkylation sites (tertiary alicyclic amines) is 1. The van der Waals surface area contributed by atoms with Gasteiger partial charge in [0.05, 0.1) is 12.1 Å². The van der Waals surface area contributed by atoms with Gasteiger partial charge >= 0.3 is 0 Å². The van der Waals surface area contributed by atoms with Crippen LogP contribution in [0, 0.1) is 23.7 Å². The molecule has 1 fully saturated rings. The second kappa shape index (κ2) is 13.8. The molecule has 2 amide bonds. The van der Waals surface area contributed by atoms with Crippen LogP contribution in [0.25, 0.3) is 10.8 Å². The van der Waals surface area contributed by atoms with E-state index in [1.54, 1.807) is 18.3 Å². The van der Waals surface area contributed by atoms with Crippen LogP contribution in [0.3, 0.4) is 0 Å². The number of benzene rings is 2. The molecule has 198 valence electrons. The SMILES string of the molecule is C=CC(=O)NCC#Cc1ccc2cnc(N)c(C#Cc3ccc(C(=O)NCCCN4CCCCC4)cc3)c2c1.